The fourth-order valence-electron chi connectivity index (χ4n) is 2.73. The molecule has 27 heavy (non-hydrogen) atoms. The fourth-order valence-corrected chi connectivity index (χ4v) is 5.55. The van der Waals surface area contributed by atoms with E-state index in [9.17, 15) is 8.42 Å². The molecule has 0 spiro atoms. The highest BCUT2D eigenvalue weighted by molar-refractivity contribution is 7.99. The van der Waals surface area contributed by atoms with Crippen LogP contribution >= 0.6 is 23.4 Å². The molecule has 0 aliphatic heterocycles. The zero-order chi connectivity index (χ0) is 18.9. The van der Waals surface area contributed by atoms with Gasteiger partial charge in [-0.15, -0.1) is 0 Å². The first-order chi connectivity index (χ1) is 13.1. The highest BCUT2D eigenvalue weighted by Crippen LogP contribution is 2.30. The molecule has 0 unspecified atom stereocenters. The Bertz CT molecular complexity index is 1190. The Hall–Kier alpha value is -2.28. The van der Waals surface area contributed by atoms with Gasteiger partial charge in [-0.05, 0) is 42.0 Å². The predicted molar refractivity (Wildman–Crippen MR) is 110 cm³/mol. The maximum atomic E-state index is 13.3. The molecule has 0 N–H and O–H groups in total. The van der Waals surface area contributed by atoms with Crippen LogP contribution in [0, 0.1) is 0 Å². The van der Waals surface area contributed by atoms with Crippen molar-refractivity contribution < 1.29 is 8.42 Å². The number of aromatic nitrogens is 2. The standard InChI is InChI=1S/C20H15ClN2O2S2/c21-16-12-10-15(11-13-16)14-26-20-22-18-8-4-5-9-19(18)23(20)27(24,25)17-6-2-1-3-7-17/h1-13H,14H2. The van der Waals surface area contributed by atoms with Crippen LogP contribution in [0.3, 0.4) is 0 Å². The molecule has 7 heteroatoms. The van der Waals surface area contributed by atoms with Gasteiger partial charge in [-0.1, -0.05) is 65.8 Å². The summed E-state index contributed by atoms with van der Waals surface area (Å²) in [6.45, 7) is 0. The molecule has 1 aromatic heterocycles. The lowest BCUT2D eigenvalue weighted by Gasteiger charge is -2.10. The molecule has 3 aromatic carbocycles. The van der Waals surface area contributed by atoms with Crippen LogP contribution in [0.1, 0.15) is 5.56 Å². The fraction of sp³-hybridized carbons (Fsp3) is 0.0500. The van der Waals surface area contributed by atoms with E-state index in [0.717, 1.165) is 5.56 Å². The molecular weight excluding hydrogens is 400 g/mol. The third kappa shape index (κ3) is 3.60. The second kappa shape index (κ2) is 7.38. The Morgan fingerprint density at radius 3 is 2.30 bits per heavy atom. The summed E-state index contributed by atoms with van der Waals surface area (Å²) in [5.41, 5.74) is 2.26. The monoisotopic (exact) mass is 414 g/mol. The molecule has 0 radical (unpaired) electrons. The summed E-state index contributed by atoms with van der Waals surface area (Å²) in [5, 5.41) is 1.11. The van der Waals surface area contributed by atoms with Crippen molar-refractivity contribution in [1.82, 2.24) is 8.96 Å². The topological polar surface area (TPSA) is 52.0 Å². The van der Waals surface area contributed by atoms with Gasteiger partial charge in [0.2, 0.25) is 0 Å². The number of benzene rings is 3. The number of para-hydroxylation sites is 2. The summed E-state index contributed by atoms with van der Waals surface area (Å²) in [6.07, 6.45) is 0. The Morgan fingerprint density at radius 1 is 0.889 bits per heavy atom. The van der Waals surface area contributed by atoms with E-state index < -0.39 is 10.0 Å². The van der Waals surface area contributed by atoms with Crippen LogP contribution in [0.15, 0.2) is 88.9 Å². The van der Waals surface area contributed by atoms with E-state index >= 15 is 0 Å². The predicted octanol–water partition coefficient (Wildman–Crippen LogP) is 5.22. The second-order valence-electron chi connectivity index (χ2n) is 5.88. The summed E-state index contributed by atoms with van der Waals surface area (Å²) in [7, 11) is -3.75. The molecule has 136 valence electrons. The average molecular weight is 415 g/mol. The molecule has 0 bridgehead atoms. The summed E-state index contributed by atoms with van der Waals surface area (Å²) in [4.78, 5) is 4.80. The molecule has 4 nitrogen and oxygen atoms in total. The maximum Gasteiger partial charge on any atom is 0.270 e. The minimum Gasteiger partial charge on any atom is -0.222 e. The lowest BCUT2D eigenvalue weighted by molar-refractivity contribution is 0.584. The van der Waals surface area contributed by atoms with Crippen molar-refractivity contribution in [3.05, 3.63) is 89.4 Å². The molecule has 0 aliphatic carbocycles. The Kier molecular flexibility index (Phi) is 4.95. The van der Waals surface area contributed by atoms with Crippen molar-refractivity contribution in [3.8, 4) is 0 Å². The van der Waals surface area contributed by atoms with Crippen molar-refractivity contribution in [2.24, 2.45) is 0 Å². The highest BCUT2D eigenvalue weighted by atomic mass is 35.5. The summed E-state index contributed by atoms with van der Waals surface area (Å²) < 4.78 is 27.9. The van der Waals surface area contributed by atoms with E-state index in [2.05, 4.69) is 4.98 Å². The lowest BCUT2D eigenvalue weighted by atomic mass is 10.2. The number of hydrogen-bond acceptors (Lipinski definition) is 4. The first-order valence-corrected chi connectivity index (χ1v) is 11.0. The quantitative estimate of drug-likeness (QED) is 0.420. The number of halogens is 1. The molecule has 0 atom stereocenters. The van der Waals surface area contributed by atoms with Crippen LogP contribution in [0.5, 0.6) is 0 Å². The van der Waals surface area contributed by atoms with Crippen molar-refractivity contribution in [1.29, 1.82) is 0 Å². The Labute approximate surface area is 166 Å². The Balaban J connectivity index is 1.79. The number of rotatable bonds is 5. The zero-order valence-electron chi connectivity index (χ0n) is 14.1. The molecule has 0 aliphatic rings. The number of hydrogen-bond donors (Lipinski definition) is 0. The molecule has 4 aromatic rings. The van der Waals surface area contributed by atoms with Gasteiger partial charge in [0.05, 0.1) is 15.9 Å². The van der Waals surface area contributed by atoms with Gasteiger partial charge in [0.25, 0.3) is 10.0 Å². The van der Waals surface area contributed by atoms with E-state index in [0.29, 0.717) is 27.0 Å². The van der Waals surface area contributed by atoms with Crippen LogP contribution in [0.4, 0.5) is 0 Å². The van der Waals surface area contributed by atoms with Gasteiger partial charge in [-0.3, -0.25) is 0 Å². The normalized spacial score (nSPS) is 11.7. The first-order valence-electron chi connectivity index (χ1n) is 8.21. The van der Waals surface area contributed by atoms with E-state index in [4.69, 9.17) is 11.6 Å². The van der Waals surface area contributed by atoms with Crippen molar-refractivity contribution >= 4 is 44.4 Å². The smallest absolute Gasteiger partial charge is 0.222 e. The molecule has 1 heterocycles. The van der Waals surface area contributed by atoms with Crippen molar-refractivity contribution in [2.75, 3.05) is 0 Å². The molecule has 0 saturated heterocycles. The van der Waals surface area contributed by atoms with Crippen molar-refractivity contribution in [3.63, 3.8) is 0 Å². The minimum atomic E-state index is -3.75. The van der Waals surface area contributed by atoms with Gasteiger partial charge in [0.1, 0.15) is 0 Å². The summed E-state index contributed by atoms with van der Waals surface area (Å²) >= 11 is 7.32. The van der Waals surface area contributed by atoms with Crippen molar-refractivity contribution in [2.45, 2.75) is 15.8 Å². The van der Waals surface area contributed by atoms with Gasteiger partial charge in [0.15, 0.2) is 5.16 Å². The first kappa shape index (κ1) is 18.1. The van der Waals surface area contributed by atoms with Gasteiger partial charge in [-0.25, -0.2) is 17.4 Å². The average Bonchev–Trinajstić information content (AvgIpc) is 3.07. The highest BCUT2D eigenvalue weighted by Gasteiger charge is 2.24. The molecule has 4 rings (SSSR count). The number of fused-ring (bicyclic) bond motifs is 1. The van der Waals surface area contributed by atoms with E-state index in [1.54, 1.807) is 36.4 Å². The van der Waals surface area contributed by atoms with Gasteiger partial charge in [0, 0.05) is 10.8 Å². The van der Waals surface area contributed by atoms with E-state index in [-0.39, 0.29) is 4.90 Å². The third-order valence-electron chi connectivity index (χ3n) is 4.05. The number of imidazole rings is 1. The van der Waals surface area contributed by atoms with E-state index in [1.807, 2.05) is 42.5 Å². The number of nitrogens with zero attached hydrogens (tertiary/aromatic N) is 2. The Morgan fingerprint density at radius 2 is 1.56 bits per heavy atom. The summed E-state index contributed by atoms with van der Waals surface area (Å²) in [6, 6.07) is 23.2. The second-order valence-corrected chi connectivity index (χ2v) is 9.05. The largest absolute Gasteiger partial charge is 0.270 e. The third-order valence-corrected chi connectivity index (χ3v) is 7.15. The van der Waals surface area contributed by atoms with Gasteiger partial charge < -0.3 is 0 Å². The lowest BCUT2D eigenvalue weighted by Crippen LogP contribution is -2.14. The maximum absolute atomic E-state index is 13.3. The van der Waals surface area contributed by atoms with Crippen LogP contribution in [-0.2, 0) is 15.8 Å². The van der Waals surface area contributed by atoms with Crippen LogP contribution < -0.4 is 0 Å². The van der Waals surface area contributed by atoms with Gasteiger partial charge >= 0.3 is 0 Å². The number of thioether (sulfide) groups is 1. The zero-order valence-corrected chi connectivity index (χ0v) is 16.5. The van der Waals surface area contributed by atoms with Crippen LogP contribution in [-0.4, -0.2) is 17.4 Å². The minimum absolute atomic E-state index is 0.237. The SMILES string of the molecule is O=S(=O)(c1ccccc1)n1c(SCc2ccc(Cl)cc2)nc2ccccc21. The molecule has 0 fully saturated rings. The molecular formula is C20H15ClN2O2S2. The molecule has 0 saturated carbocycles. The van der Waals surface area contributed by atoms with E-state index in [1.165, 1.54) is 15.7 Å². The van der Waals surface area contributed by atoms with Crippen LogP contribution in [0.2, 0.25) is 5.02 Å². The van der Waals surface area contributed by atoms with Crippen LogP contribution in [0.25, 0.3) is 11.0 Å². The summed E-state index contributed by atoms with van der Waals surface area (Å²) in [5.74, 6) is 0.588. The van der Waals surface area contributed by atoms with Gasteiger partial charge in [-0.2, -0.15) is 0 Å². The molecule has 0 amide bonds.